The van der Waals surface area contributed by atoms with E-state index in [1.165, 1.54) is 0 Å². The second-order valence-corrected chi connectivity index (χ2v) is 5.41. The highest BCUT2D eigenvalue weighted by Gasteiger charge is 2.16. The summed E-state index contributed by atoms with van der Waals surface area (Å²) in [6, 6.07) is 12.8. The van der Waals surface area contributed by atoms with Gasteiger partial charge in [-0.25, -0.2) is 4.98 Å². The first-order valence-corrected chi connectivity index (χ1v) is 7.84. The lowest BCUT2D eigenvalue weighted by Gasteiger charge is -2.00. The van der Waals surface area contributed by atoms with Crippen LogP contribution >= 0.6 is 11.6 Å². The van der Waals surface area contributed by atoms with Crippen LogP contribution in [0.3, 0.4) is 0 Å². The lowest BCUT2D eigenvalue weighted by atomic mass is 10.3. The first-order valence-electron chi connectivity index (χ1n) is 7.46. The van der Waals surface area contributed by atoms with Gasteiger partial charge in [0.25, 0.3) is 0 Å². The van der Waals surface area contributed by atoms with E-state index in [2.05, 4.69) is 15.2 Å². The monoisotopic (exact) mass is 342 g/mol. The molecule has 0 spiro atoms. The first-order chi connectivity index (χ1) is 11.7. The lowest BCUT2D eigenvalue weighted by Crippen LogP contribution is -2.07. The van der Waals surface area contributed by atoms with E-state index in [0.29, 0.717) is 34.5 Å². The Morgan fingerprint density at radius 2 is 2.00 bits per heavy atom. The smallest absolute Gasteiger partial charge is 0.312 e. The molecule has 122 valence electrons. The Balaban J connectivity index is 2.03. The van der Waals surface area contributed by atoms with Crippen LogP contribution in [-0.2, 0) is 16.0 Å². The number of benzene rings is 1. The molecule has 24 heavy (non-hydrogen) atoms. The van der Waals surface area contributed by atoms with Crippen molar-refractivity contribution in [3.63, 3.8) is 0 Å². The molecule has 0 saturated heterocycles. The van der Waals surface area contributed by atoms with Gasteiger partial charge in [0.2, 0.25) is 0 Å². The highest BCUT2D eigenvalue weighted by molar-refractivity contribution is 6.30. The Morgan fingerprint density at radius 3 is 2.75 bits per heavy atom. The van der Waals surface area contributed by atoms with Gasteiger partial charge in [-0.15, -0.1) is 10.2 Å². The van der Waals surface area contributed by atoms with Gasteiger partial charge in [-0.2, -0.15) is 0 Å². The van der Waals surface area contributed by atoms with Crippen LogP contribution in [0.2, 0.25) is 5.02 Å². The Bertz CT molecular complexity index is 890. The zero-order valence-electron chi connectivity index (χ0n) is 13.0. The highest BCUT2D eigenvalue weighted by atomic mass is 35.5. The van der Waals surface area contributed by atoms with Gasteiger partial charge < -0.3 is 4.74 Å². The number of hydrogen-bond acceptors (Lipinski definition) is 5. The summed E-state index contributed by atoms with van der Waals surface area (Å²) in [7, 11) is 0. The molecule has 2 aromatic heterocycles. The standard InChI is InChI=1S/C17H15ClN4O2/c1-2-24-16(23)10-14-17(21-20-13-6-4-3-5-7-13)22-11-12(18)8-9-15(22)19-14/h3-9,11H,2,10H2,1H3. The molecule has 0 amide bonds. The summed E-state index contributed by atoms with van der Waals surface area (Å²) in [5, 5.41) is 9.03. The summed E-state index contributed by atoms with van der Waals surface area (Å²) in [5.41, 5.74) is 1.84. The Morgan fingerprint density at radius 1 is 1.21 bits per heavy atom. The Hall–Kier alpha value is -2.73. The summed E-state index contributed by atoms with van der Waals surface area (Å²) < 4.78 is 6.71. The zero-order chi connectivity index (χ0) is 16.9. The van der Waals surface area contributed by atoms with Crippen LogP contribution in [0.4, 0.5) is 11.5 Å². The molecule has 0 atom stereocenters. The van der Waals surface area contributed by atoms with Crippen LogP contribution < -0.4 is 0 Å². The molecule has 3 aromatic rings. The number of halogens is 1. The van der Waals surface area contributed by atoms with E-state index in [1.54, 1.807) is 29.7 Å². The minimum atomic E-state index is -0.358. The van der Waals surface area contributed by atoms with E-state index < -0.39 is 0 Å². The third-order valence-corrected chi connectivity index (χ3v) is 3.48. The fraction of sp³-hybridized carbons (Fsp3) is 0.176. The molecule has 7 heteroatoms. The molecule has 2 heterocycles. The molecule has 0 radical (unpaired) electrons. The number of carbonyl (C=O) groups is 1. The van der Waals surface area contributed by atoms with E-state index in [9.17, 15) is 4.79 Å². The van der Waals surface area contributed by atoms with Gasteiger partial charge in [0, 0.05) is 6.20 Å². The number of nitrogens with zero attached hydrogens (tertiary/aromatic N) is 4. The minimum Gasteiger partial charge on any atom is -0.466 e. The van der Waals surface area contributed by atoms with Crippen molar-refractivity contribution in [3.8, 4) is 0 Å². The molecule has 0 saturated carbocycles. The average molecular weight is 343 g/mol. The van der Waals surface area contributed by atoms with Crippen molar-refractivity contribution in [1.82, 2.24) is 9.38 Å². The summed E-state index contributed by atoms with van der Waals surface area (Å²) in [6.07, 6.45) is 1.72. The number of carbonyl (C=O) groups excluding carboxylic acids is 1. The summed E-state index contributed by atoms with van der Waals surface area (Å²) in [5.74, 6) is 0.104. The molecular formula is C17H15ClN4O2. The topological polar surface area (TPSA) is 68.3 Å². The SMILES string of the molecule is CCOC(=O)Cc1nc2ccc(Cl)cn2c1N=Nc1ccccc1. The van der Waals surface area contributed by atoms with Gasteiger partial charge >= 0.3 is 5.97 Å². The van der Waals surface area contributed by atoms with E-state index in [4.69, 9.17) is 16.3 Å². The molecule has 0 bridgehead atoms. The fourth-order valence-corrected chi connectivity index (χ4v) is 2.39. The largest absolute Gasteiger partial charge is 0.466 e. The van der Waals surface area contributed by atoms with E-state index in [1.807, 2.05) is 30.3 Å². The number of imidazole rings is 1. The van der Waals surface area contributed by atoms with Crippen molar-refractivity contribution in [3.05, 3.63) is 59.4 Å². The maximum Gasteiger partial charge on any atom is 0.312 e. The average Bonchev–Trinajstić information content (AvgIpc) is 2.90. The lowest BCUT2D eigenvalue weighted by molar-refractivity contribution is -0.142. The van der Waals surface area contributed by atoms with Crippen molar-refractivity contribution in [2.24, 2.45) is 10.2 Å². The van der Waals surface area contributed by atoms with Gasteiger partial charge in [0.1, 0.15) is 5.65 Å². The highest BCUT2D eigenvalue weighted by Crippen LogP contribution is 2.26. The van der Waals surface area contributed by atoms with Gasteiger partial charge in [-0.05, 0) is 31.2 Å². The molecule has 0 N–H and O–H groups in total. The number of rotatable bonds is 5. The molecule has 0 aliphatic carbocycles. The van der Waals surface area contributed by atoms with E-state index in [0.717, 1.165) is 0 Å². The quantitative estimate of drug-likeness (QED) is 0.506. The first kappa shape index (κ1) is 16.1. The van der Waals surface area contributed by atoms with Crippen LogP contribution in [0.5, 0.6) is 0 Å². The predicted molar refractivity (Wildman–Crippen MR) is 91.2 cm³/mol. The van der Waals surface area contributed by atoms with E-state index >= 15 is 0 Å². The minimum absolute atomic E-state index is 0.0241. The second kappa shape index (κ2) is 7.23. The number of ether oxygens (including phenoxy) is 1. The Kier molecular flexibility index (Phi) is 4.86. The molecule has 6 nitrogen and oxygen atoms in total. The number of fused-ring (bicyclic) bond motifs is 1. The number of aromatic nitrogens is 2. The Labute approximate surface area is 143 Å². The van der Waals surface area contributed by atoms with Crippen LogP contribution in [0, 0.1) is 0 Å². The van der Waals surface area contributed by atoms with Crippen molar-refractivity contribution in [1.29, 1.82) is 0 Å². The van der Waals surface area contributed by atoms with Crippen molar-refractivity contribution in [2.75, 3.05) is 6.61 Å². The molecular weight excluding hydrogens is 328 g/mol. The molecule has 0 unspecified atom stereocenters. The third-order valence-electron chi connectivity index (χ3n) is 3.26. The molecule has 0 fully saturated rings. The zero-order valence-corrected chi connectivity index (χ0v) is 13.8. The van der Waals surface area contributed by atoms with Crippen LogP contribution in [-0.4, -0.2) is 22.0 Å². The van der Waals surface area contributed by atoms with Gasteiger partial charge in [-0.1, -0.05) is 29.8 Å². The van der Waals surface area contributed by atoms with Crippen molar-refractivity contribution < 1.29 is 9.53 Å². The fourth-order valence-electron chi connectivity index (χ4n) is 2.23. The number of esters is 1. The normalized spacial score (nSPS) is 11.2. The summed E-state index contributed by atoms with van der Waals surface area (Å²) in [4.78, 5) is 16.3. The maximum atomic E-state index is 11.8. The molecule has 0 aliphatic rings. The number of pyridine rings is 1. The van der Waals surface area contributed by atoms with Gasteiger partial charge in [0.15, 0.2) is 5.82 Å². The third kappa shape index (κ3) is 3.60. The summed E-state index contributed by atoms with van der Waals surface area (Å²) >= 11 is 6.06. The number of azo groups is 1. The van der Waals surface area contributed by atoms with Gasteiger partial charge in [-0.3, -0.25) is 9.20 Å². The van der Waals surface area contributed by atoms with Crippen molar-refractivity contribution >= 4 is 34.7 Å². The number of hydrogen-bond donors (Lipinski definition) is 0. The molecule has 1 aromatic carbocycles. The second-order valence-electron chi connectivity index (χ2n) is 4.97. The van der Waals surface area contributed by atoms with Crippen LogP contribution in [0.1, 0.15) is 12.6 Å². The van der Waals surface area contributed by atoms with E-state index in [-0.39, 0.29) is 12.4 Å². The molecule has 0 aliphatic heterocycles. The predicted octanol–water partition coefficient (Wildman–Crippen LogP) is 4.51. The van der Waals surface area contributed by atoms with Crippen LogP contribution in [0.25, 0.3) is 5.65 Å². The van der Waals surface area contributed by atoms with Gasteiger partial charge in [0.05, 0.1) is 29.4 Å². The van der Waals surface area contributed by atoms with Crippen LogP contribution in [0.15, 0.2) is 58.9 Å². The summed E-state index contributed by atoms with van der Waals surface area (Å²) in [6.45, 7) is 2.08. The van der Waals surface area contributed by atoms with Crippen molar-refractivity contribution in [2.45, 2.75) is 13.3 Å². The molecule has 3 rings (SSSR count). The maximum absolute atomic E-state index is 11.8.